The van der Waals surface area contributed by atoms with Crippen LogP contribution in [-0.4, -0.2) is 52.5 Å². The van der Waals surface area contributed by atoms with Crippen molar-refractivity contribution in [2.24, 2.45) is 0 Å². The van der Waals surface area contributed by atoms with Gasteiger partial charge < -0.3 is 19.7 Å². The molecule has 0 saturated carbocycles. The predicted molar refractivity (Wildman–Crippen MR) is 98.4 cm³/mol. The number of alkyl halides is 3. The summed E-state index contributed by atoms with van der Waals surface area (Å²) in [6.07, 6.45) is -4.75. The number of amides is 1. The van der Waals surface area contributed by atoms with Crippen LogP contribution in [0, 0.1) is 0 Å². The Hall–Kier alpha value is -1.52. The average molecular weight is 408 g/mol. The van der Waals surface area contributed by atoms with Crippen LogP contribution in [0.4, 0.5) is 18.9 Å². The van der Waals surface area contributed by atoms with Gasteiger partial charge in [-0.05, 0) is 26.0 Å². The van der Waals surface area contributed by atoms with Crippen LogP contribution in [0.2, 0.25) is 0 Å². The quantitative estimate of drug-likeness (QED) is 0.768. The highest BCUT2D eigenvalue weighted by Gasteiger charge is 2.32. The summed E-state index contributed by atoms with van der Waals surface area (Å²) in [4.78, 5) is 14.0. The molecule has 1 aliphatic rings. The van der Waals surface area contributed by atoms with Gasteiger partial charge in [0.1, 0.15) is 4.32 Å². The maximum atomic E-state index is 12.4. The molecule has 2 rings (SSSR count). The number of thioether (sulfide) groups is 1. The minimum absolute atomic E-state index is 0.0146. The number of nitrogens with zero attached hydrogens (tertiary/aromatic N) is 1. The van der Waals surface area contributed by atoms with Crippen LogP contribution in [-0.2, 0) is 9.53 Å². The third-order valence-electron chi connectivity index (χ3n) is 3.39. The van der Waals surface area contributed by atoms with Gasteiger partial charge in [0.05, 0.1) is 23.6 Å². The Labute approximate surface area is 159 Å². The van der Waals surface area contributed by atoms with Gasteiger partial charge in [-0.15, -0.1) is 13.2 Å². The average Bonchev–Trinajstić information content (AvgIpc) is 2.52. The summed E-state index contributed by atoms with van der Waals surface area (Å²) in [5.41, 5.74) is -0.0463. The van der Waals surface area contributed by atoms with Gasteiger partial charge in [0.2, 0.25) is 5.91 Å². The zero-order valence-electron chi connectivity index (χ0n) is 14.2. The fourth-order valence-electron chi connectivity index (χ4n) is 2.52. The zero-order chi connectivity index (χ0) is 19.3. The number of hydrogen-bond donors (Lipinski definition) is 1. The van der Waals surface area contributed by atoms with Crippen LogP contribution in [0.5, 0.6) is 5.75 Å². The van der Waals surface area contributed by atoms with Crippen molar-refractivity contribution in [3.8, 4) is 5.75 Å². The lowest BCUT2D eigenvalue weighted by molar-refractivity contribution is -0.274. The van der Waals surface area contributed by atoms with Crippen molar-refractivity contribution in [2.75, 3.05) is 24.2 Å². The molecule has 1 aromatic carbocycles. The standard InChI is InChI=1S/C16H19F3N2O3S2/c1-10-7-21(8-11(2)23-10)15(25)26-9-14(22)20-12-5-3-4-6-13(12)24-16(17,18)19/h3-6,10-11H,7-9H2,1-2H3,(H,20,22)/t10-,11+. The molecule has 1 saturated heterocycles. The third-order valence-corrected chi connectivity index (χ3v) is 4.91. The molecule has 1 N–H and O–H groups in total. The number of morpholine rings is 1. The minimum atomic E-state index is -4.83. The Bertz CT molecular complexity index is 648. The van der Waals surface area contributed by atoms with Crippen molar-refractivity contribution in [1.29, 1.82) is 0 Å². The van der Waals surface area contributed by atoms with Gasteiger partial charge >= 0.3 is 6.36 Å². The van der Waals surface area contributed by atoms with E-state index in [1.54, 1.807) is 0 Å². The number of nitrogens with one attached hydrogen (secondary N) is 1. The van der Waals surface area contributed by atoms with Crippen LogP contribution >= 0.6 is 24.0 Å². The first kappa shape index (κ1) is 20.8. The summed E-state index contributed by atoms with van der Waals surface area (Å²) in [6.45, 7) is 5.17. The first-order valence-corrected chi connectivity index (χ1v) is 9.25. The maximum absolute atomic E-state index is 12.4. The molecule has 1 aromatic rings. The minimum Gasteiger partial charge on any atom is -0.404 e. The van der Waals surface area contributed by atoms with E-state index in [1.165, 1.54) is 18.2 Å². The highest BCUT2D eigenvalue weighted by Crippen LogP contribution is 2.30. The normalized spacial score (nSPS) is 20.6. The Morgan fingerprint density at radius 3 is 2.58 bits per heavy atom. The fraction of sp³-hybridized carbons (Fsp3) is 0.500. The van der Waals surface area contributed by atoms with Crippen molar-refractivity contribution < 1.29 is 27.4 Å². The molecular weight excluding hydrogens is 389 g/mol. The van der Waals surface area contributed by atoms with Gasteiger partial charge in [0.25, 0.3) is 0 Å². The first-order chi connectivity index (χ1) is 12.1. The lowest BCUT2D eigenvalue weighted by Gasteiger charge is -2.36. The number of carbonyl (C=O) groups excluding carboxylic acids is 1. The molecule has 0 aliphatic carbocycles. The van der Waals surface area contributed by atoms with Crippen LogP contribution in [0.15, 0.2) is 24.3 Å². The monoisotopic (exact) mass is 408 g/mol. The van der Waals surface area contributed by atoms with Crippen molar-refractivity contribution in [3.63, 3.8) is 0 Å². The molecule has 1 aliphatic heterocycles. The Morgan fingerprint density at radius 1 is 1.35 bits per heavy atom. The number of benzene rings is 1. The molecule has 10 heteroatoms. The second kappa shape index (κ2) is 8.92. The van der Waals surface area contributed by atoms with Gasteiger partial charge in [-0.2, -0.15) is 0 Å². The van der Waals surface area contributed by atoms with E-state index in [0.717, 1.165) is 17.8 Å². The Morgan fingerprint density at radius 2 is 1.96 bits per heavy atom. The number of hydrogen-bond acceptors (Lipinski definition) is 5. The van der Waals surface area contributed by atoms with Gasteiger partial charge in [-0.1, -0.05) is 36.1 Å². The van der Waals surface area contributed by atoms with Crippen molar-refractivity contribution in [2.45, 2.75) is 32.4 Å². The number of ether oxygens (including phenoxy) is 2. The van der Waals surface area contributed by atoms with E-state index in [4.69, 9.17) is 17.0 Å². The molecule has 0 unspecified atom stereocenters. The lowest BCUT2D eigenvalue weighted by Crippen LogP contribution is -2.47. The lowest BCUT2D eigenvalue weighted by atomic mass is 10.2. The summed E-state index contributed by atoms with van der Waals surface area (Å²) < 4.78 is 47.3. The molecule has 0 bridgehead atoms. The van der Waals surface area contributed by atoms with E-state index in [1.807, 2.05) is 18.7 Å². The van der Waals surface area contributed by atoms with Crippen LogP contribution in [0.25, 0.3) is 0 Å². The zero-order valence-corrected chi connectivity index (χ0v) is 15.8. The van der Waals surface area contributed by atoms with E-state index in [2.05, 4.69) is 10.1 Å². The number of anilines is 1. The molecule has 1 amide bonds. The second-order valence-corrected chi connectivity index (χ2v) is 7.42. The van der Waals surface area contributed by atoms with Crippen LogP contribution in [0.3, 0.4) is 0 Å². The summed E-state index contributed by atoms with van der Waals surface area (Å²) >= 11 is 6.50. The molecule has 0 aromatic heterocycles. The van der Waals surface area contributed by atoms with Gasteiger partial charge in [-0.3, -0.25) is 4.79 Å². The number of rotatable bonds is 4. The number of carbonyl (C=O) groups is 1. The van der Waals surface area contributed by atoms with Gasteiger partial charge in [-0.25, -0.2) is 0 Å². The smallest absolute Gasteiger partial charge is 0.404 e. The molecular formula is C16H19F3N2O3S2. The van der Waals surface area contributed by atoms with Crippen molar-refractivity contribution in [1.82, 2.24) is 4.90 Å². The topological polar surface area (TPSA) is 50.8 Å². The predicted octanol–water partition coefficient (Wildman–Crippen LogP) is 3.65. The Balaban J connectivity index is 1.88. The van der Waals surface area contributed by atoms with Gasteiger partial charge in [0, 0.05) is 13.1 Å². The first-order valence-electron chi connectivity index (χ1n) is 7.86. The maximum Gasteiger partial charge on any atom is 0.573 e. The van der Waals surface area contributed by atoms with Crippen molar-refractivity contribution >= 4 is 39.9 Å². The molecule has 0 radical (unpaired) electrons. The highest BCUT2D eigenvalue weighted by atomic mass is 32.2. The van der Waals surface area contributed by atoms with Crippen LogP contribution in [0.1, 0.15) is 13.8 Å². The number of halogens is 3. The SMILES string of the molecule is C[C@@H]1CN(C(=S)SCC(=O)Nc2ccccc2OC(F)(F)F)C[C@H](C)O1. The van der Waals surface area contributed by atoms with E-state index in [-0.39, 0.29) is 23.6 Å². The molecule has 0 spiro atoms. The summed E-state index contributed by atoms with van der Waals surface area (Å²) in [5.74, 6) is -0.944. The third kappa shape index (κ3) is 6.65. The summed E-state index contributed by atoms with van der Waals surface area (Å²) in [6, 6.07) is 5.37. The second-order valence-electron chi connectivity index (χ2n) is 5.81. The van der Waals surface area contributed by atoms with E-state index in [9.17, 15) is 18.0 Å². The molecule has 1 heterocycles. The van der Waals surface area contributed by atoms with E-state index >= 15 is 0 Å². The summed E-state index contributed by atoms with van der Waals surface area (Å²) in [5, 5.41) is 2.42. The molecule has 5 nitrogen and oxygen atoms in total. The molecule has 26 heavy (non-hydrogen) atoms. The molecule has 2 atom stereocenters. The van der Waals surface area contributed by atoms with Crippen LogP contribution < -0.4 is 10.1 Å². The summed E-state index contributed by atoms with van der Waals surface area (Å²) in [7, 11) is 0. The largest absolute Gasteiger partial charge is 0.573 e. The Kier molecular flexibility index (Phi) is 7.13. The van der Waals surface area contributed by atoms with E-state index in [0.29, 0.717) is 17.4 Å². The number of para-hydroxylation sites is 2. The molecule has 144 valence electrons. The number of thiocarbonyl (C=S) groups is 1. The fourth-order valence-corrected chi connectivity index (χ4v) is 3.50. The van der Waals surface area contributed by atoms with Crippen molar-refractivity contribution in [3.05, 3.63) is 24.3 Å². The molecule has 1 fully saturated rings. The highest BCUT2D eigenvalue weighted by molar-refractivity contribution is 8.23. The van der Waals surface area contributed by atoms with Gasteiger partial charge in [0.15, 0.2) is 5.75 Å². The van der Waals surface area contributed by atoms with E-state index < -0.39 is 18.0 Å².